The zero-order valence-corrected chi connectivity index (χ0v) is 64.5. The number of aromatic nitrogens is 3. The smallest absolute Gasteiger partial charge is 0.246 e. The summed E-state index contributed by atoms with van der Waals surface area (Å²) in [7, 11) is 0. The molecule has 12 amide bonds. The minimum absolute atomic E-state index is 0.00498. The Kier molecular flexibility index (Phi) is 28.6. The summed E-state index contributed by atoms with van der Waals surface area (Å²) >= 11 is 2.71. The molecule has 2 aliphatic heterocycles. The Hall–Kier alpha value is -10.1. The minimum Gasteiger partial charge on any atom is -0.508 e. The van der Waals surface area contributed by atoms with Gasteiger partial charge in [0.05, 0.1) is 12.2 Å². The molecule has 12 atom stereocenters. The van der Waals surface area contributed by atoms with E-state index in [1.165, 1.54) is 119 Å². The molecule has 3 aromatic carbocycles. The molecule has 3 aromatic heterocycles. The highest BCUT2D eigenvalue weighted by Crippen LogP contribution is 2.28. The number of carbonyl (C=O) groups is 12. The van der Waals surface area contributed by atoms with Crippen LogP contribution in [-0.2, 0) is 88.3 Å². The van der Waals surface area contributed by atoms with Gasteiger partial charge in [-0.25, -0.2) is 9.37 Å². The third-order valence-corrected chi connectivity index (χ3v) is 21.6. The van der Waals surface area contributed by atoms with Gasteiger partial charge in [-0.15, -0.1) is 0 Å². The first kappa shape index (κ1) is 84.5. The second-order valence-electron chi connectivity index (χ2n) is 29.9. The van der Waals surface area contributed by atoms with Crippen molar-refractivity contribution in [2.75, 3.05) is 18.1 Å². The molecule has 109 heavy (non-hydrogen) atoms. The highest BCUT2D eigenvalue weighted by Gasteiger charge is 2.46. The maximum absolute atomic E-state index is 15.2. The van der Waals surface area contributed by atoms with Gasteiger partial charge < -0.3 is 89.1 Å². The van der Waals surface area contributed by atoms with E-state index in [1.807, 2.05) is 24.3 Å². The van der Waals surface area contributed by atoms with Crippen LogP contribution >= 0.6 is 23.5 Å². The fraction of sp³-hybridized carbons (Fsp3) is 0.487. The van der Waals surface area contributed by atoms with Gasteiger partial charge in [0.2, 0.25) is 70.9 Å². The summed E-state index contributed by atoms with van der Waals surface area (Å²) in [6.07, 6.45) is 1.01. The average Bonchev–Trinajstić information content (AvgIpc) is 1.79. The number of aliphatic hydroxyl groups excluding tert-OH is 2. The van der Waals surface area contributed by atoms with E-state index in [-0.39, 0.29) is 56.6 Å². The van der Waals surface area contributed by atoms with Crippen molar-refractivity contribution >= 4 is 116 Å². The molecule has 8 rings (SSSR count). The lowest BCUT2D eigenvalue weighted by atomic mass is 9.85. The van der Waals surface area contributed by atoms with Crippen LogP contribution in [0.2, 0.25) is 0 Å². The number of nitrogens with two attached hydrogens (primary N) is 1. The number of nitrogens with zero attached hydrogens (tertiary/aromatic N) is 2. The van der Waals surface area contributed by atoms with Gasteiger partial charge >= 0.3 is 0 Å². The van der Waals surface area contributed by atoms with Crippen molar-refractivity contribution < 1.29 is 77.2 Å². The molecule has 30 nitrogen and oxygen atoms in total. The summed E-state index contributed by atoms with van der Waals surface area (Å²) in [5, 5.41) is 60.1. The number of aromatic amines is 2. The van der Waals surface area contributed by atoms with E-state index in [0.717, 1.165) is 11.1 Å². The average molecular weight is 1550 g/mol. The fourth-order valence-electron chi connectivity index (χ4n) is 12.6. The van der Waals surface area contributed by atoms with Gasteiger partial charge in [-0.3, -0.25) is 57.5 Å². The number of H-pyrrole nitrogens is 2. The van der Waals surface area contributed by atoms with Crippen molar-refractivity contribution in [3.8, 4) is 5.75 Å². The standard InChI is InChI=1S/C76H100FN15O15S2/c1-39(2)76(11)73(107)89-60(42(5)94)69(103)86-56(62(78)97)38-109-37-45-16-12-15-44(29-45)36-108-28-25-58(96)87-61(74(6,7)8)70(104)85-55(32-47-34-80-52-24-21-48(77)33-51(47)52)71(105)92-27-14-18-57(92)67(101)88-59(41(4)93)68(102)84-54(31-46-35-81-63-50(46)17-13-26-79-63)65(99)90-75(9,10)72(106)82-40(3)64(98)83-53(66(100)91-76)30-43-19-22-49(95)23-20-43/h12-13,15-17,19-24,26,29,33-35,39-42,53-57,59-61,80,93-95H,14,18,25,27-28,30-32,36-38H2,1-11H3,(H2,78,97)(H,79,81)(H,82,106)(H,83,98)(H,84,102)(H,85,104)(H,86,103)(H,87,96)(H,88,101)(H,89,107)(H,90,99)(H,91,100)/t40-,41+,42-,53-,54-,55-,56+,57-,59-,60?,61?,76-/m0/s1. The number of nitrogens with one attached hydrogen (secondary N) is 12. The first-order valence-corrected chi connectivity index (χ1v) is 38.4. The number of fused-ring (bicyclic) bond motifs is 5. The zero-order chi connectivity index (χ0) is 80.0. The number of aliphatic hydroxyl groups is 2. The van der Waals surface area contributed by atoms with Crippen molar-refractivity contribution in [3.05, 3.63) is 131 Å². The number of benzene rings is 3. The Balaban J connectivity index is 1.10. The van der Waals surface area contributed by atoms with Crippen LogP contribution in [0.4, 0.5) is 4.39 Å². The summed E-state index contributed by atoms with van der Waals surface area (Å²) in [6.45, 7) is 16.1. The van der Waals surface area contributed by atoms with Crippen molar-refractivity contribution in [1.29, 1.82) is 0 Å². The first-order valence-electron chi connectivity index (χ1n) is 36.0. The van der Waals surface area contributed by atoms with E-state index in [0.29, 0.717) is 55.9 Å². The van der Waals surface area contributed by atoms with Crippen molar-refractivity contribution in [3.63, 3.8) is 0 Å². The van der Waals surface area contributed by atoms with Crippen LogP contribution < -0.4 is 58.9 Å². The summed E-state index contributed by atoms with van der Waals surface area (Å²) in [6, 6.07) is 7.29. The number of halogens is 1. The molecular formula is C76H100FN15O15S2. The molecule has 1 fully saturated rings. The van der Waals surface area contributed by atoms with Crippen molar-refractivity contribution in [2.45, 2.75) is 204 Å². The number of pyridine rings is 1. The maximum atomic E-state index is 15.2. The number of phenols is 1. The quantitative estimate of drug-likeness (QED) is 0.0933. The number of hydrogen-bond acceptors (Lipinski definition) is 18. The number of rotatable bonds is 10. The van der Waals surface area contributed by atoms with Crippen molar-refractivity contribution in [1.82, 2.24) is 73.0 Å². The van der Waals surface area contributed by atoms with Crippen LogP contribution in [0.3, 0.4) is 0 Å². The molecule has 0 radical (unpaired) electrons. The number of hydrogen-bond donors (Lipinski definition) is 16. The summed E-state index contributed by atoms with van der Waals surface area (Å²) in [4.78, 5) is 185. The highest BCUT2D eigenvalue weighted by molar-refractivity contribution is 7.98. The molecule has 2 unspecified atom stereocenters. The van der Waals surface area contributed by atoms with E-state index in [2.05, 4.69) is 68.1 Å². The summed E-state index contributed by atoms with van der Waals surface area (Å²) in [5.74, 6) is -10.8. The molecular weight excluding hydrogens is 1450 g/mol. The Bertz CT molecular complexity index is 4330. The number of thioether (sulfide) groups is 2. The largest absolute Gasteiger partial charge is 0.508 e. The molecule has 5 heterocycles. The van der Waals surface area contributed by atoms with E-state index in [4.69, 9.17) is 5.73 Å². The van der Waals surface area contributed by atoms with E-state index >= 15 is 4.79 Å². The molecule has 2 bridgehead atoms. The summed E-state index contributed by atoms with van der Waals surface area (Å²) < 4.78 is 14.9. The third-order valence-electron chi connectivity index (χ3n) is 19.5. The van der Waals surface area contributed by atoms with Gasteiger partial charge in [0, 0.05) is 90.1 Å². The number of phenolic OH excluding ortho intramolecular Hbond substituents is 1. The number of amides is 12. The van der Waals surface area contributed by atoms with Gasteiger partial charge in [-0.1, -0.05) is 71.0 Å². The molecule has 1 saturated heterocycles. The lowest BCUT2D eigenvalue weighted by Gasteiger charge is -2.36. The third kappa shape index (κ3) is 22.3. The predicted molar refractivity (Wildman–Crippen MR) is 408 cm³/mol. The van der Waals surface area contributed by atoms with Crippen LogP contribution in [0.1, 0.15) is 123 Å². The molecule has 17 N–H and O–H groups in total. The van der Waals surface area contributed by atoms with Crippen LogP contribution in [0, 0.1) is 17.2 Å². The van der Waals surface area contributed by atoms with E-state index < -0.39 is 166 Å². The second-order valence-corrected chi connectivity index (χ2v) is 32.0. The zero-order valence-electron chi connectivity index (χ0n) is 62.9. The van der Waals surface area contributed by atoms with E-state index in [9.17, 15) is 72.4 Å². The van der Waals surface area contributed by atoms with Crippen LogP contribution in [0.25, 0.3) is 21.9 Å². The molecule has 33 heteroatoms. The topological polar surface area (TPSA) is 460 Å². The molecule has 588 valence electrons. The van der Waals surface area contributed by atoms with Gasteiger partial charge in [-0.2, -0.15) is 23.5 Å². The number of aromatic hydroxyl groups is 1. The van der Waals surface area contributed by atoms with Crippen molar-refractivity contribution in [2.24, 2.45) is 17.1 Å². The molecule has 0 aliphatic carbocycles. The molecule has 2 aliphatic rings. The predicted octanol–water partition coefficient (Wildman–Crippen LogP) is 2.10. The lowest BCUT2D eigenvalue weighted by Crippen LogP contribution is -2.67. The lowest BCUT2D eigenvalue weighted by molar-refractivity contribution is -0.143. The molecule has 6 aromatic rings. The Labute approximate surface area is 639 Å². The van der Waals surface area contributed by atoms with Crippen LogP contribution in [0.15, 0.2) is 97.5 Å². The SMILES string of the molecule is CC(C)[C@]1(C)NC(=O)[C@H](Cc2ccc(O)cc2)NC(=O)[C@H](C)NC(=O)C(C)(C)NC(=O)[C@H](Cc2c[nH]c3ncccc23)NC(=O)[C@H]([C@@H](C)O)NC(=O)[C@@H]2CCCN2C(=O)[C@H](Cc2c[nH]c3ccc(F)cc23)NC(=O)C(C(C)(C)C)NC(=O)CCSCc2cccc(c2)CSC[C@H](C(N)=O)NC(=O)C([C@H](C)O)NC1=O. The molecule has 0 saturated carbocycles. The normalized spacial score (nSPS) is 25.2. The fourth-order valence-corrected chi connectivity index (χ4v) is 14.5. The van der Waals surface area contributed by atoms with Gasteiger partial charge in [-0.05, 0) is 136 Å². The summed E-state index contributed by atoms with van der Waals surface area (Å²) in [5.41, 5.74) is 5.06. The molecule has 0 spiro atoms. The van der Waals surface area contributed by atoms with E-state index in [1.54, 1.807) is 59.1 Å². The highest BCUT2D eigenvalue weighted by atomic mass is 32.2. The van der Waals surface area contributed by atoms with Crippen LogP contribution in [-0.4, -0.2) is 202 Å². The monoisotopic (exact) mass is 1550 g/mol. The Morgan fingerprint density at radius 2 is 1.26 bits per heavy atom. The second kappa shape index (κ2) is 36.9. The van der Waals surface area contributed by atoms with Crippen LogP contribution in [0.5, 0.6) is 5.75 Å². The van der Waals surface area contributed by atoms with Gasteiger partial charge in [0.15, 0.2) is 0 Å². The van der Waals surface area contributed by atoms with Gasteiger partial charge in [0.25, 0.3) is 0 Å². The Morgan fingerprint density at radius 1 is 0.651 bits per heavy atom. The minimum atomic E-state index is -1.91. The maximum Gasteiger partial charge on any atom is 0.246 e. The number of primary amides is 1. The Morgan fingerprint density at radius 3 is 1.92 bits per heavy atom. The van der Waals surface area contributed by atoms with Gasteiger partial charge in [0.1, 0.15) is 82.7 Å². The number of carbonyl (C=O) groups excluding carboxylic acids is 12. The first-order chi connectivity index (χ1) is 51.3.